The minimum absolute atomic E-state index is 0.0193. The molecule has 0 radical (unpaired) electrons. The molecule has 31 heavy (non-hydrogen) atoms. The molecule has 0 bridgehead atoms. The summed E-state index contributed by atoms with van der Waals surface area (Å²) in [5.74, 6) is -3.52. The summed E-state index contributed by atoms with van der Waals surface area (Å²) < 4.78 is 0. The molecule has 2 atom stereocenters. The summed E-state index contributed by atoms with van der Waals surface area (Å²) in [6, 6.07) is -2.06. The molecule has 0 saturated heterocycles. The summed E-state index contributed by atoms with van der Waals surface area (Å²) >= 11 is 0. The van der Waals surface area contributed by atoms with E-state index < -0.39 is 41.3 Å². The van der Waals surface area contributed by atoms with E-state index in [1.54, 1.807) is 34.6 Å². The molecule has 0 aliphatic carbocycles. The molecule has 0 aliphatic heterocycles. The SMILES string of the molecule is CC(C)NC(CCC(=O)O)C(=O)NC(CCC(=O)O)C(=O)NCCNC(=O)C(C)(C)C. The van der Waals surface area contributed by atoms with E-state index in [1.807, 2.05) is 0 Å². The lowest BCUT2D eigenvalue weighted by atomic mass is 9.96. The van der Waals surface area contributed by atoms with Crippen LogP contribution in [0.5, 0.6) is 0 Å². The highest BCUT2D eigenvalue weighted by molar-refractivity contribution is 5.90. The molecular formula is C20H36N4O7. The quantitative estimate of drug-likeness (QED) is 0.200. The summed E-state index contributed by atoms with van der Waals surface area (Å²) in [6.07, 6.45) is -0.687. The van der Waals surface area contributed by atoms with Crippen molar-refractivity contribution >= 4 is 29.7 Å². The zero-order chi connectivity index (χ0) is 24.2. The number of carbonyl (C=O) groups excluding carboxylic acids is 3. The Labute approximate surface area is 182 Å². The minimum Gasteiger partial charge on any atom is -0.481 e. The van der Waals surface area contributed by atoms with Gasteiger partial charge in [-0.1, -0.05) is 34.6 Å². The Hall–Kier alpha value is -2.69. The first kappa shape index (κ1) is 28.3. The third kappa shape index (κ3) is 13.3. The van der Waals surface area contributed by atoms with Crippen LogP contribution in [0.15, 0.2) is 0 Å². The van der Waals surface area contributed by atoms with Gasteiger partial charge in [0.05, 0.1) is 6.04 Å². The van der Waals surface area contributed by atoms with Gasteiger partial charge < -0.3 is 31.5 Å². The molecule has 0 saturated carbocycles. The maximum Gasteiger partial charge on any atom is 0.303 e. The van der Waals surface area contributed by atoms with Crippen molar-refractivity contribution in [1.29, 1.82) is 0 Å². The normalized spacial score (nSPS) is 13.2. The van der Waals surface area contributed by atoms with Gasteiger partial charge in [0.25, 0.3) is 0 Å². The van der Waals surface area contributed by atoms with E-state index in [4.69, 9.17) is 10.2 Å². The van der Waals surface area contributed by atoms with Crippen LogP contribution in [-0.4, -0.2) is 71.1 Å². The van der Waals surface area contributed by atoms with Crippen LogP contribution >= 0.6 is 0 Å². The molecule has 0 heterocycles. The Kier molecular flexibility index (Phi) is 12.4. The molecule has 11 nitrogen and oxygen atoms in total. The summed E-state index contributed by atoms with van der Waals surface area (Å²) in [6.45, 7) is 9.13. The Bertz CT molecular complexity index is 644. The monoisotopic (exact) mass is 444 g/mol. The van der Waals surface area contributed by atoms with Gasteiger partial charge in [-0.25, -0.2) is 0 Å². The van der Waals surface area contributed by atoms with Gasteiger partial charge in [0, 0.05) is 37.4 Å². The number of carbonyl (C=O) groups is 5. The number of hydrogen-bond donors (Lipinski definition) is 6. The van der Waals surface area contributed by atoms with Gasteiger partial charge in [0.15, 0.2) is 0 Å². The van der Waals surface area contributed by atoms with Crippen LogP contribution in [0.2, 0.25) is 0 Å². The molecule has 178 valence electrons. The van der Waals surface area contributed by atoms with E-state index >= 15 is 0 Å². The maximum atomic E-state index is 12.6. The van der Waals surface area contributed by atoms with Crippen molar-refractivity contribution in [2.24, 2.45) is 5.41 Å². The van der Waals surface area contributed by atoms with Crippen LogP contribution in [0.4, 0.5) is 0 Å². The van der Waals surface area contributed by atoms with Crippen LogP contribution in [0.25, 0.3) is 0 Å². The Morgan fingerprint density at radius 3 is 1.71 bits per heavy atom. The molecule has 0 fully saturated rings. The first-order valence-corrected chi connectivity index (χ1v) is 10.3. The average molecular weight is 445 g/mol. The van der Waals surface area contributed by atoms with Gasteiger partial charge in [-0.3, -0.25) is 24.0 Å². The number of carboxylic acid groups (broad SMARTS) is 2. The largest absolute Gasteiger partial charge is 0.481 e. The number of hydrogen-bond acceptors (Lipinski definition) is 6. The number of aliphatic carboxylic acids is 2. The van der Waals surface area contributed by atoms with Crippen molar-refractivity contribution < 1.29 is 34.2 Å². The van der Waals surface area contributed by atoms with E-state index in [1.165, 1.54) is 0 Å². The number of nitrogens with one attached hydrogen (secondary N) is 4. The van der Waals surface area contributed by atoms with Crippen molar-refractivity contribution in [3.63, 3.8) is 0 Å². The minimum atomic E-state index is -1.12. The molecule has 0 aromatic carbocycles. The van der Waals surface area contributed by atoms with Gasteiger partial charge in [0.2, 0.25) is 17.7 Å². The summed E-state index contributed by atoms with van der Waals surface area (Å²) in [5.41, 5.74) is -0.573. The molecule has 3 amide bonds. The smallest absolute Gasteiger partial charge is 0.303 e. The Morgan fingerprint density at radius 1 is 0.774 bits per heavy atom. The van der Waals surface area contributed by atoms with Crippen molar-refractivity contribution in [2.45, 2.75) is 78.4 Å². The summed E-state index contributed by atoms with van der Waals surface area (Å²) in [4.78, 5) is 58.8. The second kappa shape index (κ2) is 13.6. The van der Waals surface area contributed by atoms with Gasteiger partial charge in [-0.05, 0) is 12.8 Å². The lowest BCUT2D eigenvalue weighted by Crippen LogP contribution is -2.54. The molecule has 0 aliphatic rings. The molecular weight excluding hydrogens is 408 g/mol. The third-order valence-electron chi connectivity index (χ3n) is 4.17. The van der Waals surface area contributed by atoms with Gasteiger partial charge in [-0.2, -0.15) is 0 Å². The lowest BCUT2D eigenvalue weighted by molar-refractivity contribution is -0.139. The first-order chi connectivity index (χ1) is 14.2. The van der Waals surface area contributed by atoms with Crippen LogP contribution in [-0.2, 0) is 24.0 Å². The first-order valence-electron chi connectivity index (χ1n) is 10.3. The van der Waals surface area contributed by atoms with Crippen molar-refractivity contribution in [1.82, 2.24) is 21.3 Å². The third-order valence-corrected chi connectivity index (χ3v) is 4.17. The second-order valence-corrected chi connectivity index (χ2v) is 8.60. The summed E-state index contributed by atoms with van der Waals surface area (Å²) in [7, 11) is 0. The molecule has 6 N–H and O–H groups in total. The van der Waals surface area contributed by atoms with E-state index in [-0.39, 0.29) is 50.7 Å². The molecule has 2 unspecified atom stereocenters. The Balaban J connectivity index is 4.98. The predicted octanol–water partition coefficient (Wildman–Crippen LogP) is -0.154. The average Bonchev–Trinajstić information content (AvgIpc) is 2.63. The van der Waals surface area contributed by atoms with Crippen molar-refractivity contribution in [3.8, 4) is 0 Å². The van der Waals surface area contributed by atoms with Gasteiger partial charge >= 0.3 is 11.9 Å². The van der Waals surface area contributed by atoms with Crippen LogP contribution in [0.1, 0.15) is 60.3 Å². The number of amides is 3. The topological polar surface area (TPSA) is 174 Å². The van der Waals surface area contributed by atoms with Gasteiger partial charge in [0.1, 0.15) is 6.04 Å². The van der Waals surface area contributed by atoms with Crippen LogP contribution in [0, 0.1) is 5.41 Å². The predicted molar refractivity (Wildman–Crippen MR) is 113 cm³/mol. The maximum absolute atomic E-state index is 12.6. The van der Waals surface area contributed by atoms with E-state index in [2.05, 4.69) is 21.3 Å². The number of carboxylic acids is 2. The highest BCUT2D eigenvalue weighted by atomic mass is 16.4. The molecule has 0 rings (SSSR count). The van der Waals surface area contributed by atoms with Crippen molar-refractivity contribution in [2.75, 3.05) is 13.1 Å². The van der Waals surface area contributed by atoms with E-state index in [0.717, 1.165) is 0 Å². The van der Waals surface area contributed by atoms with E-state index in [9.17, 15) is 24.0 Å². The highest BCUT2D eigenvalue weighted by Gasteiger charge is 2.27. The van der Waals surface area contributed by atoms with Crippen molar-refractivity contribution in [3.05, 3.63) is 0 Å². The highest BCUT2D eigenvalue weighted by Crippen LogP contribution is 2.11. The molecule has 0 aromatic heterocycles. The van der Waals surface area contributed by atoms with Crippen LogP contribution < -0.4 is 21.3 Å². The second-order valence-electron chi connectivity index (χ2n) is 8.60. The Morgan fingerprint density at radius 2 is 1.26 bits per heavy atom. The van der Waals surface area contributed by atoms with Gasteiger partial charge in [-0.15, -0.1) is 0 Å². The fraction of sp³-hybridized carbons (Fsp3) is 0.750. The molecule has 0 spiro atoms. The molecule has 0 aromatic rings. The standard InChI is InChI=1S/C20H36N4O7/c1-12(2)23-14(7-9-16(27)28)18(30)24-13(6-8-15(25)26)17(29)21-10-11-22-19(31)20(3,4)5/h12-14,23H,6-11H2,1-5H3,(H,21,29)(H,22,31)(H,24,30)(H,25,26)(H,27,28). The molecule has 11 heteroatoms. The lowest BCUT2D eigenvalue weighted by Gasteiger charge is -2.24. The van der Waals surface area contributed by atoms with Crippen LogP contribution in [0.3, 0.4) is 0 Å². The van der Waals surface area contributed by atoms with E-state index in [0.29, 0.717) is 0 Å². The number of rotatable bonds is 14. The zero-order valence-corrected chi connectivity index (χ0v) is 18.9. The zero-order valence-electron chi connectivity index (χ0n) is 18.9. The fourth-order valence-corrected chi connectivity index (χ4v) is 2.52. The fourth-order valence-electron chi connectivity index (χ4n) is 2.52. The summed E-state index contributed by atoms with van der Waals surface area (Å²) in [5, 5.41) is 28.5.